The third-order valence-electron chi connectivity index (χ3n) is 4.53. The van der Waals surface area contributed by atoms with Gasteiger partial charge in [-0.1, -0.05) is 30.7 Å². The molecule has 2 aromatic rings. The smallest absolute Gasteiger partial charge is 0.335 e. The number of nitrogens with one attached hydrogen (secondary N) is 1. The number of hydrogen-bond acceptors (Lipinski definition) is 5. The van der Waals surface area contributed by atoms with Crippen LogP contribution in [0.15, 0.2) is 42.1 Å². The quantitative estimate of drug-likeness (QED) is 0.472. The topological polar surface area (TPSA) is 105 Å². The number of carboxylic acid groups (broad SMARTS) is 1. The van der Waals surface area contributed by atoms with Crippen LogP contribution in [0.5, 0.6) is 11.5 Å². The first-order valence-electron chi connectivity index (χ1n) is 9.51. The number of benzene rings is 2. The van der Waals surface area contributed by atoms with Crippen molar-refractivity contribution in [1.82, 2.24) is 10.2 Å². The van der Waals surface area contributed by atoms with Crippen LogP contribution in [-0.4, -0.2) is 41.6 Å². The van der Waals surface area contributed by atoms with Crippen molar-refractivity contribution < 1.29 is 29.0 Å². The molecular formula is C22H21ClN2O6. The summed E-state index contributed by atoms with van der Waals surface area (Å²) in [4.78, 5) is 36.6. The number of hydrogen-bond donors (Lipinski definition) is 2. The molecule has 0 aliphatic carbocycles. The Bertz CT molecular complexity index is 1070. The van der Waals surface area contributed by atoms with E-state index in [2.05, 4.69) is 5.32 Å². The molecule has 0 spiro atoms. The number of imide groups is 1. The van der Waals surface area contributed by atoms with Crippen LogP contribution in [0.4, 0.5) is 4.79 Å². The van der Waals surface area contributed by atoms with E-state index in [4.69, 9.17) is 26.2 Å². The van der Waals surface area contributed by atoms with Crippen molar-refractivity contribution in [2.75, 3.05) is 13.7 Å². The lowest BCUT2D eigenvalue weighted by atomic mass is 10.1. The fourth-order valence-corrected chi connectivity index (χ4v) is 3.35. The Labute approximate surface area is 184 Å². The van der Waals surface area contributed by atoms with Crippen molar-refractivity contribution in [1.29, 1.82) is 0 Å². The lowest BCUT2D eigenvalue weighted by Crippen LogP contribution is -2.31. The molecule has 31 heavy (non-hydrogen) atoms. The van der Waals surface area contributed by atoms with Gasteiger partial charge in [-0.05, 0) is 47.9 Å². The summed E-state index contributed by atoms with van der Waals surface area (Å²) in [6.45, 7) is 2.30. The number of ether oxygens (including phenoxy) is 2. The molecule has 1 heterocycles. The number of rotatable bonds is 8. The molecule has 0 atom stereocenters. The van der Waals surface area contributed by atoms with Crippen molar-refractivity contribution in [3.05, 3.63) is 63.8 Å². The second-order valence-electron chi connectivity index (χ2n) is 6.77. The van der Waals surface area contributed by atoms with E-state index in [0.717, 1.165) is 4.90 Å². The van der Waals surface area contributed by atoms with Gasteiger partial charge in [0.05, 0.1) is 17.7 Å². The summed E-state index contributed by atoms with van der Waals surface area (Å²) < 4.78 is 11.2. The van der Waals surface area contributed by atoms with Crippen molar-refractivity contribution in [3.8, 4) is 11.5 Å². The molecule has 0 bridgehead atoms. The molecule has 0 unspecified atom stereocenters. The van der Waals surface area contributed by atoms with E-state index in [9.17, 15) is 14.4 Å². The molecular weight excluding hydrogens is 424 g/mol. The number of urea groups is 1. The molecule has 2 N–H and O–H groups in total. The van der Waals surface area contributed by atoms with Crippen LogP contribution in [0, 0.1) is 0 Å². The summed E-state index contributed by atoms with van der Waals surface area (Å²) in [6, 6.07) is 9.13. The minimum atomic E-state index is -1.03. The van der Waals surface area contributed by atoms with Crippen LogP contribution in [0.1, 0.15) is 34.8 Å². The molecule has 0 saturated carbocycles. The number of halogens is 1. The number of aromatic carboxylic acids is 1. The van der Waals surface area contributed by atoms with Crippen LogP contribution in [-0.2, 0) is 11.4 Å². The summed E-state index contributed by atoms with van der Waals surface area (Å²) in [7, 11) is 1.45. The van der Waals surface area contributed by atoms with Gasteiger partial charge in [-0.25, -0.2) is 9.59 Å². The standard InChI is InChI=1S/C22H21ClN2O6/c1-3-7-25-20(26)17(24-22(25)29)10-14-9-16(23)19(18(11-14)30-2)31-12-13-5-4-6-15(8-13)21(27)28/h4-6,8-11H,3,7,12H2,1-2H3,(H,24,29)(H,27,28)/b17-10+. The Morgan fingerprint density at radius 2 is 2.03 bits per heavy atom. The third-order valence-corrected chi connectivity index (χ3v) is 4.81. The van der Waals surface area contributed by atoms with Gasteiger partial charge in [-0.2, -0.15) is 0 Å². The Morgan fingerprint density at radius 3 is 2.71 bits per heavy atom. The van der Waals surface area contributed by atoms with Crippen molar-refractivity contribution in [2.45, 2.75) is 20.0 Å². The lowest BCUT2D eigenvalue weighted by molar-refractivity contribution is -0.122. The number of carbonyl (C=O) groups excluding carboxylic acids is 2. The maximum atomic E-state index is 12.4. The molecule has 3 rings (SSSR count). The number of amides is 3. The van der Waals surface area contributed by atoms with E-state index in [1.165, 1.54) is 25.3 Å². The zero-order valence-corrected chi connectivity index (χ0v) is 17.7. The predicted molar refractivity (Wildman–Crippen MR) is 114 cm³/mol. The van der Waals surface area contributed by atoms with Gasteiger partial charge in [0.15, 0.2) is 11.5 Å². The number of nitrogens with zero attached hydrogens (tertiary/aromatic N) is 1. The number of carbonyl (C=O) groups is 3. The minimum Gasteiger partial charge on any atom is -0.493 e. The molecule has 2 aromatic carbocycles. The van der Waals surface area contributed by atoms with Gasteiger partial charge in [0.2, 0.25) is 0 Å². The first kappa shape index (κ1) is 22.2. The Hall–Kier alpha value is -3.52. The molecule has 3 amide bonds. The van der Waals surface area contributed by atoms with Crippen molar-refractivity contribution >= 4 is 35.6 Å². The molecule has 0 aromatic heterocycles. The summed E-state index contributed by atoms with van der Waals surface area (Å²) >= 11 is 6.38. The highest BCUT2D eigenvalue weighted by Gasteiger charge is 2.32. The monoisotopic (exact) mass is 444 g/mol. The summed E-state index contributed by atoms with van der Waals surface area (Å²) in [5, 5.41) is 11.9. The van der Waals surface area contributed by atoms with Crippen molar-refractivity contribution in [3.63, 3.8) is 0 Å². The van der Waals surface area contributed by atoms with Crippen LogP contribution in [0.25, 0.3) is 6.08 Å². The third kappa shape index (κ3) is 4.97. The fraction of sp³-hybridized carbons (Fsp3) is 0.227. The minimum absolute atomic E-state index is 0.0815. The molecule has 1 aliphatic rings. The largest absolute Gasteiger partial charge is 0.493 e. The predicted octanol–water partition coefficient (Wildman–Crippen LogP) is 3.93. The van der Waals surface area contributed by atoms with Gasteiger partial charge in [0.25, 0.3) is 5.91 Å². The van der Waals surface area contributed by atoms with Gasteiger partial charge in [-0.15, -0.1) is 0 Å². The van der Waals surface area contributed by atoms with Crippen LogP contribution in [0.2, 0.25) is 5.02 Å². The molecule has 1 fully saturated rings. The van der Waals surface area contributed by atoms with E-state index >= 15 is 0 Å². The second kappa shape index (κ2) is 9.53. The van der Waals surface area contributed by atoms with E-state index < -0.39 is 17.9 Å². The molecule has 1 aliphatic heterocycles. The average Bonchev–Trinajstić information content (AvgIpc) is 3.00. The second-order valence-corrected chi connectivity index (χ2v) is 7.18. The Morgan fingerprint density at radius 1 is 1.26 bits per heavy atom. The molecule has 9 heteroatoms. The normalized spacial score (nSPS) is 14.7. The summed E-state index contributed by atoms with van der Waals surface area (Å²) in [5.74, 6) is -0.821. The van der Waals surface area contributed by atoms with Gasteiger partial charge in [0.1, 0.15) is 12.3 Å². The molecule has 1 saturated heterocycles. The average molecular weight is 445 g/mol. The fourth-order valence-electron chi connectivity index (χ4n) is 3.08. The molecule has 8 nitrogen and oxygen atoms in total. The van der Waals surface area contributed by atoms with E-state index in [1.807, 2.05) is 6.92 Å². The van der Waals surface area contributed by atoms with E-state index in [0.29, 0.717) is 29.8 Å². The highest BCUT2D eigenvalue weighted by Crippen LogP contribution is 2.37. The van der Waals surface area contributed by atoms with E-state index in [1.54, 1.807) is 24.3 Å². The lowest BCUT2D eigenvalue weighted by Gasteiger charge is -2.14. The molecule has 0 radical (unpaired) electrons. The number of methoxy groups -OCH3 is 1. The zero-order chi connectivity index (χ0) is 22.5. The van der Waals surface area contributed by atoms with Crippen LogP contribution < -0.4 is 14.8 Å². The summed E-state index contributed by atoms with van der Waals surface area (Å²) in [5.41, 5.74) is 1.50. The maximum absolute atomic E-state index is 12.4. The van der Waals surface area contributed by atoms with Crippen molar-refractivity contribution in [2.24, 2.45) is 0 Å². The van der Waals surface area contributed by atoms with Gasteiger partial charge >= 0.3 is 12.0 Å². The van der Waals surface area contributed by atoms with E-state index in [-0.39, 0.29) is 28.6 Å². The molecule has 162 valence electrons. The Kier molecular flexibility index (Phi) is 6.81. The van der Waals surface area contributed by atoms with Gasteiger partial charge < -0.3 is 19.9 Å². The van der Waals surface area contributed by atoms with Crippen LogP contribution >= 0.6 is 11.6 Å². The number of carboxylic acids is 1. The van der Waals surface area contributed by atoms with Crippen LogP contribution in [0.3, 0.4) is 0 Å². The highest BCUT2D eigenvalue weighted by atomic mass is 35.5. The zero-order valence-electron chi connectivity index (χ0n) is 17.0. The first-order chi connectivity index (χ1) is 14.8. The highest BCUT2D eigenvalue weighted by molar-refractivity contribution is 6.32. The summed E-state index contributed by atoms with van der Waals surface area (Å²) in [6.07, 6.45) is 2.18. The Balaban J connectivity index is 1.82. The van der Waals surface area contributed by atoms with Gasteiger partial charge in [-0.3, -0.25) is 9.69 Å². The maximum Gasteiger partial charge on any atom is 0.335 e. The SMILES string of the molecule is CCCN1C(=O)N/C(=C/c2cc(Cl)c(OCc3cccc(C(=O)O)c3)c(OC)c2)C1=O. The first-order valence-corrected chi connectivity index (χ1v) is 9.89. The van der Waals surface area contributed by atoms with Gasteiger partial charge in [0, 0.05) is 6.54 Å².